The number of thiophene rings is 1. The Kier molecular flexibility index (Phi) is 4.44. The van der Waals surface area contributed by atoms with Crippen LogP contribution in [0.2, 0.25) is 0 Å². The fraction of sp³-hybridized carbons (Fsp3) is 0.0270. The van der Waals surface area contributed by atoms with E-state index >= 15 is 0 Å². The van der Waals surface area contributed by atoms with Gasteiger partial charge in [-0.15, -0.1) is 11.3 Å². The maximum atomic E-state index is 6.74. The zero-order chi connectivity index (χ0) is 26.3. The van der Waals surface area contributed by atoms with Crippen molar-refractivity contribution in [2.24, 2.45) is 0 Å². The molecule has 0 atom stereocenters. The van der Waals surface area contributed by atoms with Gasteiger partial charge >= 0.3 is 0 Å². The molecule has 0 saturated carbocycles. The van der Waals surface area contributed by atoms with Crippen LogP contribution in [0.3, 0.4) is 0 Å². The highest BCUT2D eigenvalue weighted by atomic mass is 32.1. The van der Waals surface area contributed by atoms with Crippen LogP contribution >= 0.6 is 11.3 Å². The van der Waals surface area contributed by atoms with Crippen LogP contribution in [0.25, 0.3) is 20.2 Å². The molecule has 6 aromatic carbocycles. The van der Waals surface area contributed by atoms with Gasteiger partial charge in [-0.05, 0) is 59.7 Å². The Morgan fingerprint density at radius 2 is 1.10 bits per heavy atom. The Morgan fingerprint density at radius 3 is 1.88 bits per heavy atom. The van der Waals surface area contributed by atoms with Gasteiger partial charge in [0, 0.05) is 37.0 Å². The predicted molar refractivity (Wildman–Crippen MR) is 166 cm³/mol. The molecule has 0 saturated heterocycles. The van der Waals surface area contributed by atoms with Crippen LogP contribution < -0.4 is 9.64 Å². The molecule has 0 amide bonds. The van der Waals surface area contributed by atoms with Crippen molar-refractivity contribution < 1.29 is 4.74 Å². The zero-order valence-electron chi connectivity index (χ0n) is 21.5. The van der Waals surface area contributed by atoms with Crippen molar-refractivity contribution in [3.05, 3.63) is 162 Å². The third-order valence-electron chi connectivity index (χ3n) is 8.51. The van der Waals surface area contributed by atoms with Crippen LogP contribution in [0.15, 0.2) is 140 Å². The van der Waals surface area contributed by atoms with Gasteiger partial charge in [-0.3, -0.25) is 0 Å². The molecule has 0 unspecified atom stereocenters. The maximum absolute atomic E-state index is 6.74. The third kappa shape index (κ3) is 2.77. The molecule has 40 heavy (non-hydrogen) atoms. The van der Waals surface area contributed by atoms with Crippen LogP contribution in [0.5, 0.6) is 11.5 Å². The predicted octanol–water partition coefficient (Wildman–Crippen LogP) is 10.3. The SMILES string of the molecule is c1ccc(N2c3ccccc3C3(c4ccccc4Oc4cc5sc6ccccc6c5cc43)c3ccccc32)cc1. The highest BCUT2D eigenvalue weighted by Gasteiger charge is 2.51. The molecule has 3 heterocycles. The summed E-state index contributed by atoms with van der Waals surface area (Å²) < 4.78 is 9.29. The maximum Gasteiger partial charge on any atom is 0.133 e. The summed E-state index contributed by atoms with van der Waals surface area (Å²) in [5.74, 6) is 1.84. The highest BCUT2D eigenvalue weighted by Crippen LogP contribution is 2.63. The number of nitrogens with zero attached hydrogens (tertiary/aromatic N) is 1. The number of ether oxygens (including phenoxy) is 1. The number of hydrogen-bond acceptors (Lipinski definition) is 3. The van der Waals surface area contributed by atoms with Crippen molar-refractivity contribution in [1.29, 1.82) is 0 Å². The van der Waals surface area contributed by atoms with Gasteiger partial charge in [0.25, 0.3) is 0 Å². The molecule has 1 aromatic heterocycles. The first-order valence-electron chi connectivity index (χ1n) is 13.6. The molecule has 9 rings (SSSR count). The Morgan fingerprint density at radius 1 is 0.475 bits per heavy atom. The van der Waals surface area contributed by atoms with E-state index in [1.807, 2.05) is 11.3 Å². The van der Waals surface area contributed by atoms with Gasteiger partial charge < -0.3 is 9.64 Å². The van der Waals surface area contributed by atoms with Crippen LogP contribution in [-0.4, -0.2) is 0 Å². The summed E-state index contributed by atoms with van der Waals surface area (Å²) in [6.07, 6.45) is 0. The standard InChI is InChI=1S/C37H23NOS/c1-2-12-24(13-3-1)38-31-18-8-5-15-27(31)37(28-16-6-9-19-32(28)38)29-17-7-10-20-33(29)39-34-23-36-26(22-30(34)37)25-14-4-11-21-35(25)40-36/h1-23H. The second-order valence-electron chi connectivity index (χ2n) is 10.5. The molecule has 0 aliphatic carbocycles. The van der Waals surface area contributed by atoms with Crippen LogP contribution in [0, 0.1) is 0 Å². The molecule has 3 heteroatoms. The molecular formula is C37H23NOS. The van der Waals surface area contributed by atoms with Crippen molar-refractivity contribution in [2.45, 2.75) is 5.41 Å². The Bertz CT molecular complexity index is 2060. The van der Waals surface area contributed by atoms with Gasteiger partial charge in [0.1, 0.15) is 11.5 Å². The van der Waals surface area contributed by atoms with E-state index in [0.29, 0.717) is 0 Å². The van der Waals surface area contributed by atoms with E-state index in [1.165, 1.54) is 53.8 Å². The second-order valence-corrected chi connectivity index (χ2v) is 11.6. The van der Waals surface area contributed by atoms with Gasteiger partial charge in [0.2, 0.25) is 0 Å². The lowest BCUT2D eigenvalue weighted by molar-refractivity contribution is 0.435. The fourth-order valence-corrected chi connectivity index (χ4v) is 8.06. The number of anilines is 3. The molecular weight excluding hydrogens is 506 g/mol. The number of benzene rings is 6. The van der Waals surface area contributed by atoms with Gasteiger partial charge in [-0.1, -0.05) is 91.0 Å². The molecule has 188 valence electrons. The number of hydrogen-bond donors (Lipinski definition) is 0. The van der Waals surface area contributed by atoms with E-state index in [4.69, 9.17) is 4.74 Å². The normalized spacial score (nSPS) is 14.3. The Labute approximate surface area is 236 Å². The topological polar surface area (TPSA) is 12.5 Å². The first-order chi connectivity index (χ1) is 19.8. The Balaban J connectivity index is 1.47. The number of para-hydroxylation sites is 4. The summed E-state index contributed by atoms with van der Waals surface area (Å²) in [6, 6.07) is 50.5. The smallest absolute Gasteiger partial charge is 0.133 e. The minimum absolute atomic E-state index is 0.542. The first kappa shape index (κ1) is 22.0. The molecule has 2 nitrogen and oxygen atoms in total. The van der Waals surface area contributed by atoms with Gasteiger partial charge in [-0.25, -0.2) is 0 Å². The quantitative estimate of drug-likeness (QED) is 0.210. The van der Waals surface area contributed by atoms with Crippen LogP contribution in [0.4, 0.5) is 17.1 Å². The van der Waals surface area contributed by atoms with E-state index in [0.717, 1.165) is 17.2 Å². The van der Waals surface area contributed by atoms with Crippen LogP contribution in [0.1, 0.15) is 22.3 Å². The van der Waals surface area contributed by atoms with Gasteiger partial charge in [0.15, 0.2) is 0 Å². The van der Waals surface area contributed by atoms with Crippen molar-refractivity contribution in [2.75, 3.05) is 4.90 Å². The zero-order valence-corrected chi connectivity index (χ0v) is 22.4. The van der Waals surface area contributed by atoms with E-state index in [1.54, 1.807) is 0 Å². The highest BCUT2D eigenvalue weighted by molar-refractivity contribution is 7.25. The summed E-state index contributed by atoms with van der Waals surface area (Å²) in [5, 5.41) is 2.57. The summed E-state index contributed by atoms with van der Waals surface area (Å²) in [5.41, 5.74) is 7.86. The summed E-state index contributed by atoms with van der Waals surface area (Å²) in [6.45, 7) is 0. The number of fused-ring (bicyclic) bond motifs is 11. The van der Waals surface area contributed by atoms with Crippen molar-refractivity contribution >= 4 is 48.6 Å². The summed E-state index contributed by atoms with van der Waals surface area (Å²) in [4.78, 5) is 2.41. The average Bonchev–Trinajstić information content (AvgIpc) is 3.38. The van der Waals surface area contributed by atoms with Gasteiger partial charge in [0.05, 0.1) is 16.8 Å². The molecule has 0 fully saturated rings. The van der Waals surface area contributed by atoms with Gasteiger partial charge in [-0.2, -0.15) is 0 Å². The fourth-order valence-electron chi connectivity index (χ4n) is 6.94. The molecule has 7 aromatic rings. The molecule has 2 aliphatic rings. The molecule has 0 bridgehead atoms. The molecule has 1 spiro atoms. The molecule has 2 aliphatic heterocycles. The largest absolute Gasteiger partial charge is 0.457 e. The lowest BCUT2D eigenvalue weighted by Crippen LogP contribution is -2.39. The lowest BCUT2D eigenvalue weighted by Gasteiger charge is -2.48. The first-order valence-corrected chi connectivity index (χ1v) is 14.4. The minimum Gasteiger partial charge on any atom is -0.457 e. The third-order valence-corrected chi connectivity index (χ3v) is 9.64. The summed E-state index contributed by atoms with van der Waals surface area (Å²) >= 11 is 1.83. The van der Waals surface area contributed by atoms with Crippen LogP contribution in [-0.2, 0) is 5.41 Å². The van der Waals surface area contributed by atoms with E-state index in [2.05, 4.69) is 144 Å². The minimum atomic E-state index is -0.542. The van der Waals surface area contributed by atoms with Crippen molar-refractivity contribution in [1.82, 2.24) is 0 Å². The average molecular weight is 530 g/mol. The van der Waals surface area contributed by atoms with Crippen molar-refractivity contribution in [3.63, 3.8) is 0 Å². The second kappa shape index (κ2) is 8.08. The Hall–Kier alpha value is -4.86. The summed E-state index contributed by atoms with van der Waals surface area (Å²) in [7, 11) is 0. The number of rotatable bonds is 1. The molecule has 0 radical (unpaired) electrons. The van der Waals surface area contributed by atoms with E-state index < -0.39 is 5.41 Å². The van der Waals surface area contributed by atoms with E-state index in [-0.39, 0.29) is 0 Å². The molecule has 0 N–H and O–H groups in total. The lowest BCUT2D eigenvalue weighted by atomic mass is 9.61. The monoisotopic (exact) mass is 529 g/mol. The van der Waals surface area contributed by atoms with Crippen molar-refractivity contribution in [3.8, 4) is 11.5 Å². The van der Waals surface area contributed by atoms with E-state index in [9.17, 15) is 0 Å².